The largest absolute Gasteiger partial charge is 0.294 e. The number of hydrogen-bond donors (Lipinski definition) is 0. The molecule has 0 N–H and O–H groups in total. The van der Waals surface area contributed by atoms with Gasteiger partial charge in [-0.3, -0.25) is 4.79 Å². The quantitative estimate of drug-likeness (QED) is 0.614. The Bertz CT molecular complexity index is 540. The fourth-order valence-corrected chi connectivity index (χ4v) is 2.08. The second kappa shape index (κ2) is 5.05. The van der Waals surface area contributed by atoms with Crippen molar-refractivity contribution >= 4 is 17.5 Å². The second-order valence-corrected chi connectivity index (χ2v) is 4.51. The van der Waals surface area contributed by atoms with Gasteiger partial charge in [-0.05, 0) is 43.3 Å². The van der Waals surface area contributed by atoms with Crippen LogP contribution in [0.4, 0.5) is 0 Å². The fourth-order valence-electron chi connectivity index (χ4n) is 1.26. The van der Waals surface area contributed by atoms with Gasteiger partial charge in [-0.25, -0.2) is 15.0 Å². The van der Waals surface area contributed by atoms with E-state index in [4.69, 9.17) is 0 Å². The third kappa shape index (κ3) is 2.88. The van der Waals surface area contributed by atoms with Crippen LogP contribution in [-0.4, -0.2) is 20.7 Å². The second-order valence-electron chi connectivity index (χ2n) is 3.56. The van der Waals surface area contributed by atoms with Gasteiger partial charge in [-0.2, -0.15) is 0 Å². The van der Waals surface area contributed by atoms with E-state index in [1.165, 1.54) is 18.7 Å². The van der Waals surface area contributed by atoms with Crippen LogP contribution in [0.2, 0.25) is 0 Å². The molecule has 0 aliphatic heterocycles. The Balaban J connectivity index is 2.30. The zero-order chi connectivity index (χ0) is 12.3. The summed E-state index contributed by atoms with van der Waals surface area (Å²) < 4.78 is 0. The van der Waals surface area contributed by atoms with E-state index in [1.54, 1.807) is 30.7 Å². The molecule has 4 nitrogen and oxygen atoms in total. The van der Waals surface area contributed by atoms with Gasteiger partial charge in [0.1, 0.15) is 5.03 Å². The maximum atomic E-state index is 11.4. The molecule has 0 aromatic carbocycles. The lowest BCUT2D eigenvalue weighted by Crippen LogP contribution is -1.97. The van der Waals surface area contributed by atoms with Crippen molar-refractivity contribution < 1.29 is 4.79 Å². The fraction of sp³-hybridized carbons (Fsp3) is 0.167. The van der Waals surface area contributed by atoms with Crippen LogP contribution in [0.5, 0.6) is 0 Å². The van der Waals surface area contributed by atoms with Gasteiger partial charge in [0.2, 0.25) is 0 Å². The minimum atomic E-state index is -0.00675. The van der Waals surface area contributed by atoms with Crippen LogP contribution in [0, 0.1) is 6.92 Å². The summed E-state index contributed by atoms with van der Waals surface area (Å²) in [5.41, 5.74) is 1.60. The summed E-state index contributed by atoms with van der Waals surface area (Å²) in [6, 6.07) is 3.50. The monoisotopic (exact) mass is 245 g/mol. The van der Waals surface area contributed by atoms with E-state index >= 15 is 0 Å². The molecule has 86 valence electrons. The predicted molar refractivity (Wildman–Crippen MR) is 65.1 cm³/mol. The number of rotatable bonds is 3. The number of aromatic nitrogens is 3. The van der Waals surface area contributed by atoms with Gasteiger partial charge < -0.3 is 0 Å². The number of nitrogens with zero attached hydrogens (tertiary/aromatic N) is 3. The highest BCUT2D eigenvalue weighted by Gasteiger charge is 2.10. The summed E-state index contributed by atoms with van der Waals surface area (Å²) in [6.45, 7) is 3.45. The highest BCUT2D eigenvalue weighted by atomic mass is 32.2. The first kappa shape index (κ1) is 11.7. The van der Waals surface area contributed by atoms with E-state index < -0.39 is 0 Å². The molecule has 0 atom stereocenters. The van der Waals surface area contributed by atoms with Gasteiger partial charge in [-0.1, -0.05) is 0 Å². The average molecular weight is 245 g/mol. The van der Waals surface area contributed by atoms with Crippen LogP contribution >= 0.6 is 11.8 Å². The smallest absolute Gasteiger partial charge is 0.193 e. The lowest BCUT2D eigenvalue weighted by Gasteiger charge is -2.03. The lowest BCUT2D eigenvalue weighted by molar-refractivity contribution is 0.101. The van der Waals surface area contributed by atoms with Crippen LogP contribution in [-0.2, 0) is 0 Å². The molecule has 0 spiro atoms. The summed E-state index contributed by atoms with van der Waals surface area (Å²) in [4.78, 5) is 23.9. The van der Waals surface area contributed by atoms with Gasteiger partial charge in [0, 0.05) is 24.2 Å². The standard InChI is InChI=1S/C12H11N3OS/c1-8-6-14-12(15-7-8)17-11-10(9(2)16)4-3-5-13-11/h3-7H,1-2H3. The summed E-state index contributed by atoms with van der Waals surface area (Å²) >= 11 is 1.30. The van der Waals surface area contributed by atoms with E-state index in [-0.39, 0.29) is 5.78 Å². The van der Waals surface area contributed by atoms with Crippen molar-refractivity contribution in [1.29, 1.82) is 0 Å². The number of carbonyl (C=O) groups excluding carboxylic acids is 1. The highest BCUT2D eigenvalue weighted by molar-refractivity contribution is 7.99. The molecule has 5 heteroatoms. The molecule has 0 saturated carbocycles. The van der Waals surface area contributed by atoms with Crippen molar-refractivity contribution in [3.8, 4) is 0 Å². The Morgan fingerprint density at radius 1 is 1.24 bits per heavy atom. The molecule has 0 saturated heterocycles. The summed E-state index contributed by atoms with van der Waals surface area (Å²) in [5, 5.41) is 1.24. The molecule has 2 rings (SSSR count). The Kier molecular flexibility index (Phi) is 3.49. The maximum absolute atomic E-state index is 11.4. The first-order valence-corrected chi connectivity index (χ1v) is 5.91. The van der Waals surface area contributed by atoms with Crippen LogP contribution in [0.3, 0.4) is 0 Å². The predicted octanol–water partition coefficient (Wildman–Crippen LogP) is 2.53. The molecule has 17 heavy (non-hydrogen) atoms. The summed E-state index contributed by atoms with van der Waals surface area (Å²) in [5.74, 6) is -0.00675. The van der Waals surface area contributed by atoms with Crippen molar-refractivity contribution in [2.24, 2.45) is 0 Å². The molecular weight excluding hydrogens is 234 g/mol. The van der Waals surface area contributed by atoms with Gasteiger partial charge in [-0.15, -0.1) is 0 Å². The molecule has 2 aromatic rings. The van der Waals surface area contributed by atoms with E-state index in [1.807, 2.05) is 6.92 Å². The maximum Gasteiger partial charge on any atom is 0.193 e. The number of carbonyl (C=O) groups is 1. The molecule has 0 aliphatic carbocycles. The van der Waals surface area contributed by atoms with Gasteiger partial charge in [0.05, 0.1) is 0 Å². The van der Waals surface area contributed by atoms with Crippen molar-refractivity contribution in [2.45, 2.75) is 24.0 Å². The lowest BCUT2D eigenvalue weighted by atomic mass is 10.2. The minimum absolute atomic E-state index is 0.00675. The zero-order valence-electron chi connectivity index (χ0n) is 9.54. The highest BCUT2D eigenvalue weighted by Crippen LogP contribution is 2.25. The zero-order valence-corrected chi connectivity index (χ0v) is 10.4. The third-order valence-electron chi connectivity index (χ3n) is 2.10. The normalized spacial score (nSPS) is 10.2. The van der Waals surface area contributed by atoms with Gasteiger partial charge in [0.25, 0.3) is 0 Å². The van der Waals surface area contributed by atoms with E-state index in [0.717, 1.165) is 5.56 Å². The Morgan fingerprint density at radius 2 is 1.94 bits per heavy atom. The number of hydrogen-bond acceptors (Lipinski definition) is 5. The van der Waals surface area contributed by atoms with Crippen molar-refractivity contribution in [1.82, 2.24) is 15.0 Å². The molecule has 2 aromatic heterocycles. The first-order chi connectivity index (χ1) is 8.16. The van der Waals surface area contributed by atoms with Gasteiger partial charge >= 0.3 is 0 Å². The van der Waals surface area contributed by atoms with Crippen LogP contribution in [0.15, 0.2) is 40.9 Å². The van der Waals surface area contributed by atoms with Gasteiger partial charge in [0.15, 0.2) is 10.9 Å². The molecule has 0 aliphatic rings. The minimum Gasteiger partial charge on any atom is -0.294 e. The van der Waals surface area contributed by atoms with Crippen LogP contribution in [0.1, 0.15) is 22.8 Å². The molecule has 2 heterocycles. The molecular formula is C12H11N3OS. The van der Waals surface area contributed by atoms with Crippen LogP contribution in [0.25, 0.3) is 0 Å². The SMILES string of the molecule is CC(=O)c1cccnc1Sc1ncc(C)cn1. The molecule has 0 unspecified atom stereocenters. The van der Waals surface area contributed by atoms with E-state index in [9.17, 15) is 4.79 Å². The number of ketones is 1. The molecule has 0 bridgehead atoms. The number of pyridine rings is 1. The topological polar surface area (TPSA) is 55.7 Å². The van der Waals surface area contributed by atoms with E-state index in [0.29, 0.717) is 15.7 Å². The molecule has 0 radical (unpaired) electrons. The number of Topliss-reactive ketones (excluding diaryl/α,β-unsaturated/α-hetero) is 1. The Hall–Kier alpha value is -1.75. The Morgan fingerprint density at radius 3 is 2.59 bits per heavy atom. The Labute approximate surface area is 104 Å². The third-order valence-corrected chi connectivity index (χ3v) is 3.01. The first-order valence-electron chi connectivity index (χ1n) is 5.09. The number of aryl methyl sites for hydroxylation is 1. The average Bonchev–Trinajstić information content (AvgIpc) is 2.32. The summed E-state index contributed by atoms with van der Waals surface area (Å²) in [7, 11) is 0. The van der Waals surface area contributed by atoms with Crippen molar-refractivity contribution in [3.63, 3.8) is 0 Å². The van der Waals surface area contributed by atoms with Crippen molar-refractivity contribution in [3.05, 3.63) is 41.9 Å². The van der Waals surface area contributed by atoms with Crippen molar-refractivity contribution in [2.75, 3.05) is 0 Å². The molecule has 0 fully saturated rings. The van der Waals surface area contributed by atoms with E-state index in [2.05, 4.69) is 15.0 Å². The summed E-state index contributed by atoms with van der Waals surface area (Å²) in [6.07, 6.45) is 5.14. The van der Waals surface area contributed by atoms with Crippen LogP contribution < -0.4 is 0 Å². The molecule has 0 amide bonds.